The summed E-state index contributed by atoms with van der Waals surface area (Å²) in [6, 6.07) is 15.0. The fraction of sp³-hybridized carbons (Fsp3) is 0.438. The van der Waals surface area contributed by atoms with Crippen LogP contribution in [-0.2, 0) is 44.7 Å². The fourth-order valence-electron chi connectivity index (χ4n) is 4.13. The van der Waals surface area contributed by atoms with Crippen molar-refractivity contribution in [2.45, 2.75) is 64.7 Å². The molecule has 0 bridgehead atoms. The lowest BCUT2D eigenvalue weighted by Crippen LogP contribution is -2.22. The maximum atomic E-state index is 12.0. The van der Waals surface area contributed by atoms with Crippen molar-refractivity contribution in [1.82, 2.24) is 0 Å². The Morgan fingerprint density at radius 2 is 1.32 bits per heavy atom. The van der Waals surface area contributed by atoms with Crippen molar-refractivity contribution in [1.29, 1.82) is 0 Å². The number of unbranched alkanes of at least 4 members (excludes halogenated alkanes) is 2. The van der Waals surface area contributed by atoms with E-state index >= 15 is 0 Å². The van der Waals surface area contributed by atoms with Crippen LogP contribution in [0.25, 0.3) is 0 Å². The molecule has 38 heavy (non-hydrogen) atoms. The molecule has 0 amide bonds. The molecule has 0 unspecified atom stereocenters. The third kappa shape index (κ3) is 9.92. The Morgan fingerprint density at radius 1 is 0.763 bits per heavy atom. The molecule has 2 aromatic carbocycles. The summed E-state index contributed by atoms with van der Waals surface area (Å²) in [5.41, 5.74) is 5.89. The Morgan fingerprint density at radius 3 is 1.82 bits per heavy atom. The van der Waals surface area contributed by atoms with Crippen LogP contribution >= 0.6 is 0 Å². The van der Waals surface area contributed by atoms with Gasteiger partial charge in [0, 0.05) is 0 Å². The molecule has 0 atom stereocenters. The predicted octanol–water partition coefficient (Wildman–Crippen LogP) is 5.03. The van der Waals surface area contributed by atoms with E-state index < -0.39 is 31.1 Å². The van der Waals surface area contributed by atoms with Crippen LogP contribution < -0.4 is 0 Å². The van der Waals surface area contributed by atoms with Gasteiger partial charge in [-0.2, -0.15) is 0 Å². The van der Waals surface area contributed by atoms with Crippen LogP contribution in [0.1, 0.15) is 66.8 Å². The van der Waals surface area contributed by atoms with Gasteiger partial charge < -0.3 is 19.7 Å². The van der Waals surface area contributed by atoms with Gasteiger partial charge in [-0.15, -0.1) is 0 Å². The molecule has 6 nitrogen and oxygen atoms in total. The molecule has 2 N–H and O–H groups in total. The second-order valence-corrected chi connectivity index (χ2v) is 9.57. The van der Waals surface area contributed by atoms with Crippen LogP contribution in [0.2, 0.25) is 0 Å². The van der Waals surface area contributed by atoms with Crippen molar-refractivity contribution in [3.05, 3.63) is 94.6 Å². The number of aliphatic hydroxyl groups is 2. The van der Waals surface area contributed by atoms with E-state index in [1.807, 2.05) is 6.07 Å². The molecule has 6 heteroatoms. The topological polar surface area (TPSA) is 93.1 Å². The summed E-state index contributed by atoms with van der Waals surface area (Å²) in [4.78, 5) is 24.1. The zero-order valence-electron chi connectivity index (χ0n) is 22.8. The number of hydrogen-bond acceptors (Lipinski definition) is 6. The first-order chi connectivity index (χ1) is 18.3. The molecule has 0 aliphatic carbocycles. The zero-order valence-corrected chi connectivity index (χ0v) is 22.8. The van der Waals surface area contributed by atoms with Gasteiger partial charge in [-0.3, -0.25) is 0 Å². The SMILES string of the molecule is C=C(CO)C(=O)OCC(COC(=O)C(=C)CO)c1ccc(CCc2ccc(CCCCC)cc2)c(CC)c1. The van der Waals surface area contributed by atoms with Gasteiger partial charge in [0.25, 0.3) is 0 Å². The predicted molar refractivity (Wildman–Crippen MR) is 150 cm³/mol. The Hall–Kier alpha value is -3.22. The van der Waals surface area contributed by atoms with Crippen molar-refractivity contribution in [2.24, 2.45) is 0 Å². The average molecular weight is 523 g/mol. The van der Waals surface area contributed by atoms with Crippen LogP contribution in [0.15, 0.2) is 66.8 Å². The quantitative estimate of drug-likeness (QED) is 0.172. The second-order valence-electron chi connectivity index (χ2n) is 9.57. The average Bonchev–Trinajstić information content (AvgIpc) is 2.95. The van der Waals surface area contributed by atoms with Gasteiger partial charge in [0.1, 0.15) is 13.2 Å². The van der Waals surface area contributed by atoms with Crippen LogP contribution in [0.5, 0.6) is 0 Å². The minimum absolute atomic E-state index is 0.0482. The highest BCUT2D eigenvalue weighted by atomic mass is 16.5. The summed E-state index contributed by atoms with van der Waals surface area (Å²) in [5.74, 6) is -1.83. The second kappa shape index (κ2) is 16.6. The molecule has 0 fully saturated rings. The first-order valence-corrected chi connectivity index (χ1v) is 13.4. The van der Waals surface area contributed by atoms with Gasteiger partial charge in [0.2, 0.25) is 0 Å². The molecule has 2 aromatic rings. The van der Waals surface area contributed by atoms with Crippen molar-refractivity contribution in [3.63, 3.8) is 0 Å². The van der Waals surface area contributed by atoms with Gasteiger partial charge in [0.05, 0.1) is 30.3 Å². The number of aryl methyl sites for hydroxylation is 4. The monoisotopic (exact) mass is 522 g/mol. The minimum Gasteiger partial charge on any atom is -0.461 e. The summed E-state index contributed by atoms with van der Waals surface area (Å²) in [6.45, 7) is 10.2. The number of esters is 2. The van der Waals surface area contributed by atoms with Gasteiger partial charge >= 0.3 is 11.9 Å². The van der Waals surface area contributed by atoms with E-state index in [1.54, 1.807) is 0 Å². The van der Waals surface area contributed by atoms with Gasteiger partial charge in [-0.25, -0.2) is 9.59 Å². The lowest BCUT2D eigenvalue weighted by molar-refractivity contribution is -0.142. The van der Waals surface area contributed by atoms with Crippen LogP contribution in [-0.4, -0.2) is 48.6 Å². The molecule has 0 saturated carbocycles. The first-order valence-electron chi connectivity index (χ1n) is 13.4. The van der Waals surface area contributed by atoms with E-state index in [2.05, 4.69) is 63.4 Å². The molecule has 0 radical (unpaired) electrons. The van der Waals surface area contributed by atoms with E-state index in [9.17, 15) is 9.59 Å². The highest BCUT2D eigenvalue weighted by Crippen LogP contribution is 2.24. The number of carbonyl (C=O) groups excluding carboxylic acids is 2. The summed E-state index contributed by atoms with van der Waals surface area (Å²) >= 11 is 0. The Balaban J connectivity index is 2.12. The molecule has 0 heterocycles. The third-order valence-electron chi connectivity index (χ3n) is 6.65. The molecule has 0 aliphatic heterocycles. The Labute approximate surface area is 227 Å². The summed E-state index contributed by atoms with van der Waals surface area (Å²) in [6.07, 6.45) is 7.52. The van der Waals surface area contributed by atoms with Gasteiger partial charge in [-0.05, 0) is 59.9 Å². The first kappa shape index (κ1) is 31.0. The van der Waals surface area contributed by atoms with Crippen molar-refractivity contribution < 1.29 is 29.3 Å². The van der Waals surface area contributed by atoms with Crippen molar-refractivity contribution in [3.8, 4) is 0 Å². The highest BCUT2D eigenvalue weighted by molar-refractivity contribution is 5.88. The summed E-state index contributed by atoms with van der Waals surface area (Å²) < 4.78 is 10.6. The molecule has 0 aromatic heterocycles. The molecular weight excluding hydrogens is 480 g/mol. The molecule has 0 spiro atoms. The van der Waals surface area contributed by atoms with Crippen LogP contribution in [0.3, 0.4) is 0 Å². The van der Waals surface area contributed by atoms with E-state index in [0.717, 1.165) is 31.2 Å². The smallest absolute Gasteiger partial charge is 0.335 e. The molecule has 0 aliphatic rings. The maximum Gasteiger partial charge on any atom is 0.335 e. The normalized spacial score (nSPS) is 10.9. The summed E-state index contributed by atoms with van der Waals surface area (Å²) in [5, 5.41) is 18.3. The van der Waals surface area contributed by atoms with E-state index in [4.69, 9.17) is 19.7 Å². The number of rotatable bonds is 17. The molecule has 206 valence electrons. The highest BCUT2D eigenvalue weighted by Gasteiger charge is 2.20. The Bertz CT molecular complexity index is 1040. The lowest BCUT2D eigenvalue weighted by Gasteiger charge is -2.20. The number of carbonyl (C=O) groups is 2. The number of hydrogen-bond donors (Lipinski definition) is 2. The minimum atomic E-state index is -0.702. The van der Waals surface area contributed by atoms with Crippen molar-refractivity contribution >= 4 is 11.9 Å². The Kier molecular flexibility index (Phi) is 13.5. The van der Waals surface area contributed by atoms with Gasteiger partial charge in [0.15, 0.2) is 0 Å². The van der Waals surface area contributed by atoms with E-state index in [0.29, 0.717) is 0 Å². The number of ether oxygens (including phenoxy) is 2. The fourth-order valence-corrected chi connectivity index (χ4v) is 4.13. The number of benzene rings is 2. The number of aliphatic hydroxyl groups excluding tert-OH is 2. The summed E-state index contributed by atoms with van der Waals surface area (Å²) in [7, 11) is 0. The third-order valence-corrected chi connectivity index (χ3v) is 6.65. The maximum absolute atomic E-state index is 12.0. The molecule has 0 saturated heterocycles. The van der Waals surface area contributed by atoms with Gasteiger partial charge in [-0.1, -0.05) is 82.3 Å². The standard InChI is InChI=1S/C32H42O6/c1-5-7-8-9-25-10-12-26(13-11-25)14-15-28-16-17-29(18-27(28)6-2)30(21-37-31(35)23(3)19-33)22-38-32(36)24(4)20-34/h10-13,16-18,30,33-34H,3-9,14-15,19-22H2,1-2H3. The molecule has 2 rings (SSSR count). The zero-order chi connectivity index (χ0) is 27.9. The largest absolute Gasteiger partial charge is 0.461 e. The van der Waals surface area contributed by atoms with Crippen LogP contribution in [0, 0.1) is 0 Å². The van der Waals surface area contributed by atoms with Crippen molar-refractivity contribution in [2.75, 3.05) is 26.4 Å². The van der Waals surface area contributed by atoms with E-state index in [-0.39, 0.29) is 24.4 Å². The van der Waals surface area contributed by atoms with Crippen LogP contribution in [0.4, 0.5) is 0 Å². The van der Waals surface area contributed by atoms with E-state index in [1.165, 1.54) is 41.5 Å². The lowest BCUT2D eigenvalue weighted by atomic mass is 9.92. The molecular formula is C32H42O6.